The number of carbonyl (C=O) groups excluding carboxylic acids is 1. The first-order valence-electron chi connectivity index (χ1n) is 8.16. The molecule has 2 N–H and O–H groups in total. The number of thiophene rings is 1. The standard InChI is InChI=1S/C18H17N5O2S2/c1-10-16(23-8-11(25-3)4-6-14(23)20-10)12-9-26-18(21-12)22-15-7-5-13(27-15)17(24)19-2/h4-9H,1-3H3,(H,19,24)(H,21,22). The molecule has 7 nitrogen and oxygen atoms in total. The van der Waals surface area contributed by atoms with Gasteiger partial charge >= 0.3 is 0 Å². The zero-order valence-corrected chi connectivity index (χ0v) is 16.6. The number of pyridine rings is 1. The molecule has 0 fully saturated rings. The number of aryl methyl sites for hydroxylation is 1. The Bertz CT molecular complexity index is 1130. The quantitative estimate of drug-likeness (QED) is 0.531. The molecule has 4 rings (SSSR count). The molecule has 4 aromatic heterocycles. The lowest BCUT2D eigenvalue weighted by atomic mass is 10.3. The summed E-state index contributed by atoms with van der Waals surface area (Å²) in [6, 6.07) is 7.48. The molecule has 0 aromatic carbocycles. The van der Waals surface area contributed by atoms with Gasteiger partial charge in [0.15, 0.2) is 5.13 Å². The third kappa shape index (κ3) is 3.26. The fourth-order valence-corrected chi connectivity index (χ4v) is 4.39. The molecule has 0 aliphatic rings. The summed E-state index contributed by atoms with van der Waals surface area (Å²) in [5.41, 5.74) is 3.52. The average Bonchev–Trinajstić information content (AvgIpc) is 3.39. The molecule has 9 heteroatoms. The minimum Gasteiger partial charge on any atom is -0.495 e. The predicted molar refractivity (Wildman–Crippen MR) is 109 cm³/mol. The monoisotopic (exact) mass is 399 g/mol. The lowest BCUT2D eigenvalue weighted by molar-refractivity contribution is 0.0967. The van der Waals surface area contributed by atoms with Crippen molar-refractivity contribution in [2.75, 3.05) is 19.5 Å². The summed E-state index contributed by atoms with van der Waals surface area (Å²) in [4.78, 5) is 21.6. The largest absolute Gasteiger partial charge is 0.495 e. The second kappa shape index (κ2) is 7.01. The van der Waals surface area contributed by atoms with Crippen LogP contribution in [0.4, 0.5) is 10.1 Å². The number of nitrogens with one attached hydrogen (secondary N) is 2. The van der Waals surface area contributed by atoms with Crippen LogP contribution in [-0.2, 0) is 0 Å². The lowest BCUT2D eigenvalue weighted by Gasteiger charge is -2.03. The van der Waals surface area contributed by atoms with Gasteiger partial charge in [0, 0.05) is 12.4 Å². The molecule has 4 aromatic rings. The van der Waals surface area contributed by atoms with Gasteiger partial charge in [0.2, 0.25) is 0 Å². The van der Waals surface area contributed by atoms with Gasteiger partial charge in [-0.25, -0.2) is 9.97 Å². The van der Waals surface area contributed by atoms with Crippen LogP contribution in [0.25, 0.3) is 17.0 Å². The van der Waals surface area contributed by atoms with Gasteiger partial charge in [0.05, 0.1) is 34.6 Å². The first kappa shape index (κ1) is 17.5. The van der Waals surface area contributed by atoms with E-state index in [1.165, 1.54) is 22.7 Å². The minimum absolute atomic E-state index is 0.0943. The number of ether oxygens (including phenoxy) is 1. The molecule has 0 atom stereocenters. The molecule has 138 valence electrons. The summed E-state index contributed by atoms with van der Waals surface area (Å²) in [6.07, 6.45) is 1.91. The van der Waals surface area contributed by atoms with E-state index in [-0.39, 0.29) is 5.91 Å². The van der Waals surface area contributed by atoms with E-state index in [4.69, 9.17) is 9.72 Å². The molecule has 0 aliphatic carbocycles. The van der Waals surface area contributed by atoms with E-state index in [9.17, 15) is 4.79 Å². The summed E-state index contributed by atoms with van der Waals surface area (Å²) < 4.78 is 7.32. The first-order valence-corrected chi connectivity index (χ1v) is 9.86. The topological polar surface area (TPSA) is 80.5 Å². The second-order valence-corrected chi connectivity index (χ2v) is 7.69. The molecule has 0 radical (unpaired) electrons. The van der Waals surface area contributed by atoms with Gasteiger partial charge in [-0.15, -0.1) is 22.7 Å². The van der Waals surface area contributed by atoms with E-state index >= 15 is 0 Å². The number of fused-ring (bicyclic) bond motifs is 1. The van der Waals surface area contributed by atoms with Crippen molar-refractivity contribution in [3.05, 3.63) is 46.4 Å². The SMILES string of the molecule is CNC(=O)c1ccc(Nc2nc(-c3c(C)nc4ccc(OC)cn34)cs2)s1. The molecular weight excluding hydrogens is 382 g/mol. The van der Waals surface area contributed by atoms with Crippen molar-refractivity contribution in [2.24, 2.45) is 0 Å². The maximum Gasteiger partial charge on any atom is 0.261 e. The second-order valence-electron chi connectivity index (χ2n) is 5.75. The summed E-state index contributed by atoms with van der Waals surface area (Å²) in [5, 5.41) is 9.51. The van der Waals surface area contributed by atoms with Crippen LogP contribution in [-0.4, -0.2) is 34.4 Å². The van der Waals surface area contributed by atoms with Crippen LogP contribution in [0.15, 0.2) is 35.8 Å². The maximum atomic E-state index is 11.7. The van der Waals surface area contributed by atoms with Crippen molar-refractivity contribution in [2.45, 2.75) is 6.92 Å². The van der Waals surface area contributed by atoms with E-state index in [1.807, 2.05) is 41.1 Å². The molecule has 0 unspecified atom stereocenters. The molecule has 1 amide bonds. The Kier molecular flexibility index (Phi) is 4.54. The highest BCUT2D eigenvalue weighted by Crippen LogP contribution is 2.32. The number of methoxy groups -OCH3 is 1. The van der Waals surface area contributed by atoms with Gasteiger partial charge in [-0.3, -0.25) is 9.20 Å². The van der Waals surface area contributed by atoms with Crippen molar-refractivity contribution in [1.82, 2.24) is 19.7 Å². The number of thiazole rings is 1. The predicted octanol–water partition coefficient (Wildman–Crippen LogP) is 3.94. The van der Waals surface area contributed by atoms with Crippen LogP contribution < -0.4 is 15.4 Å². The van der Waals surface area contributed by atoms with Crippen molar-refractivity contribution in [3.8, 4) is 17.1 Å². The number of nitrogens with zero attached hydrogens (tertiary/aromatic N) is 3. The summed E-state index contributed by atoms with van der Waals surface area (Å²) in [6.45, 7) is 1.97. The molecule has 0 spiro atoms. The Hall–Kier alpha value is -2.91. The van der Waals surface area contributed by atoms with Gasteiger partial charge in [-0.1, -0.05) is 0 Å². The highest BCUT2D eigenvalue weighted by atomic mass is 32.1. The van der Waals surface area contributed by atoms with E-state index in [0.717, 1.165) is 38.6 Å². The normalized spacial score (nSPS) is 10.9. The van der Waals surface area contributed by atoms with Crippen molar-refractivity contribution in [1.29, 1.82) is 0 Å². The molecule has 4 heterocycles. The number of carbonyl (C=O) groups is 1. The maximum absolute atomic E-state index is 11.7. The molecular formula is C18H17N5O2S2. The van der Waals surface area contributed by atoms with Gasteiger partial charge in [0.1, 0.15) is 17.1 Å². The van der Waals surface area contributed by atoms with Crippen molar-refractivity contribution < 1.29 is 9.53 Å². The number of imidazole rings is 1. The Balaban J connectivity index is 1.65. The molecule has 0 bridgehead atoms. The molecule has 0 aliphatic heterocycles. The number of aromatic nitrogens is 3. The zero-order valence-electron chi connectivity index (χ0n) is 14.9. The van der Waals surface area contributed by atoms with Crippen LogP contribution in [0.3, 0.4) is 0 Å². The summed E-state index contributed by atoms with van der Waals surface area (Å²) in [5.74, 6) is 0.665. The Morgan fingerprint density at radius 1 is 1.22 bits per heavy atom. The Morgan fingerprint density at radius 2 is 2.07 bits per heavy atom. The van der Waals surface area contributed by atoms with E-state index < -0.39 is 0 Å². The number of rotatable bonds is 5. The van der Waals surface area contributed by atoms with E-state index in [0.29, 0.717) is 4.88 Å². The molecule has 27 heavy (non-hydrogen) atoms. The average molecular weight is 400 g/mol. The van der Waals surface area contributed by atoms with Crippen LogP contribution in [0.5, 0.6) is 5.75 Å². The van der Waals surface area contributed by atoms with Crippen molar-refractivity contribution >= 4 is 44.4 Å². The summed E-state index contributed by atoms with van der Waals surface area (Å²) in [7, 11) is 3.26. The Labute approximate surface area is 163 Å². The zero-order chi connectivity index (χ0) is 19.0. The fourth-order valence-electron chi connectivity index (χ4n) is 2.77. The number of anilines is 2. The number of hydrogen-bond acceptors (Lipinski definition) is 7. The third-order valence-corrected chi connectivity index (χ3v) is 5.79. The van der Waals surface area contributed by atoms with E-state index in [2.05, 4.69) is 15.6 Å². The van der Waals surface area contributed by atoms with E-state index in [1.54, 1.807) is 20.2 Å². The lowest BCUT2D eigenvalue weighted by Crippen LogP contribution is -2.15. The number of amides is 1. The third-order valence-electron chi connectivity index (χ3n) is 4.04. The highest BCUT2D eigenvalue weighted by Gasteiger charge is 2.15. The van der Waals surface area contributed by atoms with Crippen LogP contribution in [0.1, 0.15) is 15.4 Å². The summed E-state index contributed by atoms with van der Waals surface area (Å²) >= 11 is 2.89. The van der Waals surface area contributed by atoms with Gasteiger partial charge in [0.25, 0.3) is 5.91 Å². The minimum atomic E-state index is -0.0943. The van der Waals surface area contributed by atoms with Gasteiger partial charge in [-0.2, -0.15) is 0 Å². The number of hydrogen-bond donors (Lipinski definition) is 2. The Morgan fingerprint density at radius 3 is 2.85 bits per heavy atom. The van der Waals surface area contributed by atoms with Crippen LogP contribution in [0.2, 0.25) is 0 Å². The smallest absolute Gasteiger partial charge is 0.261 e. The first-order chi connectivity index (χ1) is 13.1. The molecule has 0 saturated heterocycles. The molecule has 0 saturated carbocycles. The van der Waals surface area contributed by atoms with Crippen LogP contribution >= 0.6 is 22.7 Å². The van der Waals surface area contributed by atoms with Crippen molar-refractivity contribution in [3.63, 3.8) is 0 Å². The fraction of sp³-hybridized carbons (Fsp3) is 0.167. The van der Waals surface area contributed by atoms with Gasteiger partial charge in [-0.05, 0) is 31.2 Å². The van der Waals surface area contributed by atoms with Gasteiger partial charge < -0.3 is 15.4 Å². The van der Waals surface area contributed by atoms with Crippen LogP contribution in [0, 0.1) is 6.92 Å². The highest BCUT2D eigenvalue weighted by molar-refractivity contribution is 7.18.